The number of hydrogen-bond acceptors (Lipinski definition) is 5. The van der Waals surface area contributed by atoms with Crippen LogP contribution in [0.1, 0.15) is 200 Å². The smallest absolute Gasteiger partial charge is 0.155 e. The van der Waals surface area contributed by atoms with Crippen molar-refractivity contribution < 1.29 is 14.4 Å². The standard InChI is InChI=1S/C12H23N.C11H21N.C11H16O.C7H12O.C4H6O/c1-13-11-5-9-12(10-6-11)7-3-2-4-8-12;2*12-10-4-8-11(9-5-10)6-2-1-3-7-11;8-6-7-4-2-1-3-5-7;1-3-4(2)5/h11,13H,2-10H2,1H3;10H,1-9,12H2;4,8H,1-3,5-7,9H2;6-7H,1-5H2;3H,1H2,2H3. The van der Waals surface area contributed by atoms with Crippen molar-refractivity contribution in [2.24, 2.45) is 27.9 Å². The van der Waals surface area contributed by atoms with E-state index in [2.05, 4.69) is 25.0 Å². The summed E-state index contributed by atoms with van der Waals surface area (Å²) in [6, 6.07) is 1.35. The van der Waals surface area contributed by atoms with Crippen LogP contribution in [-0.4, -0.2) is 37.0 Å². The van der Waals surface area contributed by atoms with E-state index in [0.717, 1.165) is 48.8 Å². The SMILES string of the molecule is C=CC(C)=O.CNC1CCC2(CCCCC2)CC1.NC1CCC2(CCCCC2)CC1.O=C1C=CC2(CCCCC2)CC1.O=CC1CCCCC1. The molecule has 5 heteroatoms. The lowest BCUT2D eigenvalue weighted by molar-refractivity contribution is -0.116. The third-order valence-electron chi connectivity index (χ3n) is 13.8. The average molecular weight is 695 g/mol. The molecule has 6 fully saturated rings. The van der Waals surface area contributed by atoms with Gasteiger partial charge in [0.25, 0.3) is 0 Å². The maximum Gasteiger partial charge on any atom is 0.155 e. The van der Waals surface area contributed by atoms with Gasteiger partial charge in [-0.15, -0.1) is 0 Å². The van der Waals surface area contributed by atoms with Crippen LogP contribution in [0.15, 0.2) is 24.8 Å². The van der Waals surface area contributed by atoms with E-state index in [1.54, 1.807) is 0 Å². The van der Waals surface area contributed by atoms with Gasteiger partial charge in [0, 0.05) is 24.4 Å². The molecule has 0 aromatic carbocycles. The number of carbonyl (C=O) groups excluding carboxylic acids is 3. The third kappa shape index (κ3) is 15.6. The molecule has 0 unspecified atom stereocenters. The van der Waals surface area contributed by atoms with E-state index in [1.165, 1.54) is 180 Å². The van der Waals surface area contributed by atoms with Crippen molar-refractivity contribution >= 4 is 17.9 Å². The van der Waals surface area contributed by atoms with Crippen LogP contribution in [0, 0.1) is 22.2 Å². The number of nitrogens with one attached hydrogen (secondary N) is 1. The van der Waals surface area contributed by atoms with Crippen LogP contribution in [0.4, 0.5) is 0 Å². The summed E-state index contributed by atoms with van der Waals surface area (Å²) < 4.78 is 0. The zero-order valence-electron chi connectivity index (χ0n) is 32.8. The molecule has 3 N–H and O–H groups in total. The first-order valence-corrected chi connectivity index (χ1v) is 21.4. The van der Waals surface area contributed by atoms with Gasteiger partial charge >= 0.3 is 0 Å². The monoisotopic (exact) mass is 695 g/mol. The average Bonchev–Trinajstić information content (AvgIpc) is 3.17. The normalized spacial score (nSPS) is 27.1. The Kier molecular flexibility index (Phi) is 19.8. The summed E-state index contributed by atoms with van der Waals surface area (Å²) >= 11 is 0. The first-order valence-electron chi connectivity index (χ1n) is 21.4. The Hall–Kier alpha value is -1.59. The van der Waals surface area contributed by atoms with E-state index >= 15 is 0 Å². The minimum Gasteiger partial charge on any atom is -0.328 e. The van der Waals surface area contributed by atoms with Crippen molar-refractivity contribution in [1.29, 1.82) is 0 Å². The lowest BCUT2D eigenvalue weighted by atomic mass is 9.64. The van der Waals surface area contributed by atoms with Crippen LogP contribution in [0.5, 0.6) is 0 Å². The Labute approximate surface area is 308 Å². The van der Waals surface area contributed by atoms with Crippen molar-refractivity contribution in [3.05, 3.63) is 24.8 Å². The fourth-order valence-corrected chi connectivity index (χ4v) is 10.1. The van der Waals surface area contributed by atoms with Crippen molar-refractivity contribution in [2.45, 2.75) is 212 Å². The molecule has 3 spiro atoms. The van der Waals surface area contributed by atoms with Crippen LogP contribution >= 0.6 is 0 Å². The highest BCUT2D eigenvalue weighted by Gasteiger charge is 2.36. The highest BCUT2D eigenvalue weighted by atomic mass is 16.1. The van der Waals surface area contributed by atoms with E-state index in [1.807, 2.05) is 6.08 Å². The van der Waals surface area contributed by atoms with Gasteiger partial charge in [-0.05, 0) is 152 Å². The fourth-order valence-electron chi connectivity index (χ4n) is 10.1. The minimum atomic E-state index is 0.0185. The Morgan fingerprint density at radius 3 is 1.52 bits per heavy atom. The molecule has 0 aromatic rings. The molecule has 0 atom stereocenters. The molecule has 286 valence electrons. The summed E-state index contributed by atoms with van der Waals surface area (Å²) in [5, 5.41) is 3.43. The number of ketones is 2. The van der Waals surface area contributed by atoms with Gasteiger partial charge in [0.15, 0.2) is 11.6 Å². The lowest BCUT2D eigenvalue weighted by Crippen LogP contribution is -2.36. The molecule has 0 heterocycles. The van der Waals surface area contributed by atoms with Gasteiger partial charge in [0.05, 0.1) is 0 Å². The second-order valence-electron chi connectivity index (χ2n) is 17.6. The largest absolute Gasteiger partial charge is 0.328 e. The number of nitrogens with two attached hydrogens (primary N) is 1. The summed E-state index contributed by atoms with van der Waals surface area (Å²) in [5.74, 6) is 0.750. The quantitative estimate of drug-likeness (QED) is 0.227. The molecule has 6 saturated carbocycles. The second kappa shape index (κ2) is 23.2. The molecule has 50 heavy (non-hydrogen) atoms. The number of carbonyl (C=O) groups is 3. The van der Waals surface area contributed by atoms with Crippen molar-refractivity contribution in [1.82, 2.24) is 5.32 Å². The van der Waals surface area contributed by atoms with Gasteiger partial charge in [0.1, 0.15) is 6.29 Å². The van der Waals surface area contributed by atoms with E-state index < -0.39 is 0 Å². The van der Waals surface area contributed by atoms with Gasteiger partial charge in [-0.3, -0.25) is 9.59 Å². The van der Waals surface area contributed by atoms with E-state index in [4.69, 9.17) is 5.73 Å². The summed E-state index contributed by atoms with van der Waals surface area (Å²) in [5.41, 5.74) is 7.92. The first-order chi connectivity index (χ1) is 24.2. The molecule has 0 amide bonds. The molecular formula is C45H78N2O3. The minimum absolute atomic E-state index is 0.0185. The van der Waals surface area contributed by atoms with Gasteiger partial charge < -0.3 is 15.8 Å². The van der Waals surface area contributed by atoms with Crippen LogP contribution < -0.4 is 11.1 Å². The first kappa shape index (κ1) is 42.8. The molecule has 0 bridgehead atoms. The highest BCUT2D eigenvalue weighted by molar-refractivity contribution is 5.90. The summed E-state index contributed by atoms with van der Waals surface area (Å²) in [6.07, 6.45) is 47.5. The molecule has 5 nitrogen and oxygen atoms in total. The highest BCUT2D eigenvalue weighted by Crippen LogP contribution is 2.48. The van der Waals surface area contributed by atoms with Gasteiger partial charge in [-0.1, -0.05) is 89.7 Å². The van der Waals surface area contributed by atoms with Crippen molar-refractivity contribution in [3.63, 3.8) is 0 Å². The predicted octanol–water partition coefficient (Wildman–Crippen LogP) is 11.3. The summed E-state index contributed by atoms with van der Waals surface area (Å²) in [6.45, 7) is 4.68. The molecule has 0 radical (unpaired) electrons. The third-order valence-corrected chi connectivity index (χ3v) is 13.8. The molecule has 7 rings (SSSR count). The fraction of sp³-hybridized carbons (Fsp3) is 0.844. The van der Waals surface area contributed by atoms with Gasteiger partial charge in [-0.25, -0.2) is 0 Å². The Bertz CT molecular complexity index is 989. The van der Waals surface area contributed by atoms with Crippen molar-refractivity contribution in [3.8, 4) is 0 Å². The molecular weight excluding hydrogens is 617 g/mol. The van der Waals surface area contributed by atoms with Crippen LogP contribution in [0.2, 0.25) is 0 Å². The Balaban J connectivity index is 0.000000174. The van der Waals surface area contributed by atoms with Gasteiger partial charge in [-0.2, -0.15) is 0 Å². The number of allylic oxidation sites excluding steroid dienone is 3. The van der Waals surface area contributed by atoms with Crippen LogP contribution in [0.3, 0.4) is 0 Å². The molecule has 7 aliphatic rings. The summed E-state index contributed by atoms with van der Waals surface area (Å²) in [4.78, 5) is 30.9. The molecule has 7 aliphatic carbocycles. The Morgan fingerprint density at radius 1 is 0.700 bits per heavy atom. The predicted molar refractivity (Wildman–Crippen MR) is 211 cm³/mol. The maximum absolute atomic E-state index is 11.0. The van der Waals surface area contributed by atoms with E-state index in [-0.39, 0.29) is 5.78 Å². The van der Waals surface area contributed by atoms with Crippen LogP contribution in [-0.2, 0) is 14.4 Å². The van der Waals surface area contributed by atoms with E-state index in [9.17, 15) is 14.4 Å². The molecule has 0 aromatic heterocycles. The van der Waals surface area contributed by atoms with Crippen molar-refractivity contribution in [2.75, 3.05) is 7.05 Å². The van der Waals surface area contributed by atoms with E-state index in [0.29, 0.717) is 23.2 Å². The number of hydrogen-bond donors (Lipinski definition) is 2. The number of aldehydes is 1. The second-order valence-corrected chi connectivity index (χ2v) is 17.6. The van der Waals surface area contributed by atoms with Crippen LogP contribution in [0.25, 0.3) is 0 Å². The molecule has 0 aliphatic heterocycles. The zero-order chi connectivity index (χ0) is 36.1. The number of rotatable bonds is 3. The zero-order valence-corrected chi connectivity index (χ0v) is 32.8. The summed E-state index contributed by atoms with van der Waals surface area (Å²) in [7, 11) is 2.11. The maximum atomic E-state index is 11.0. The Morgan fingerprint density at radius 2 is 1.14 bits per heavy atom. The molecule has 0 saturated heterocycles. The lowest BCUT2D eigenvalue weighted by Gasteiger charge is -2.43. The topological polar surface area (TPSA) is 89.3 Å². The van der Waals surface area contributed by atoms with Gasteiger partial charge in [0.2, 0.25) is 0 Å².